The third kappa shape index (κ3) is 1.45. The van der Waals surface area contributed by atoms with Crippen LogP contribution in [0.4, 0.5) is 0 Å². The number of hydrogen-bond donors (Lipinski definition) is 1. The van der Waals surface area contributed by atoms with Crippen LogP contribution in [0.3, 0.4) is 0 Å². The lowest BCUT2D eigenvalue weighted by molar-refractivity contribution is 0.415. The molecule has 0 amide bonds. The summed E-state index contributed by atoms with van der Waals surface area (Å²) < 4.78 is 11.3. The highest BCUT2D eigenvalue weighted by Crippen LogP contribution is 2.35. The predicted molar refractivity (Wildman–Crippen MR) is 89.6 cm³/mol. The molecule has 0 spiro atoms. The van der Waals surface area contributed by atoms with Crippen molar-refractivity contribution in [2.24, 2.45) is 0 Å². The fourth-order valence-electron chi connectivity index (χ4n) is 3.23. The summed E-state index contributed by atoms with van der Waals surface area (Å²) in [5.74, 6) is 0.855. The summed E-state index contributed by atoms with van der Waals surface area (Å²) in [6, 6.07) is 18.6. The summed E-state index contributed by atoms with van der Waals surface area (Å²) in [5, 5.41) is 4.71. The second-order valence-corrected chi connectivity index (χ2v) is 5.53. The molecule has 0 saturated carbocycles. The van der Waals surface area contributed by atoms with Crippen molar-refractivity contribution < 1.29 is 9.15 Å². The second kappa shape index (κ2) is 4.04. The largest absolute Gasteiger partial charge is 0.497 e. The van der Waals surface area contributed by atoms with Crippen molar-refractivity contribution in [2.75, 3.05) is 7.11 Å². The van der Waals surface area contributed by atoms with E-state index in [0.29, 0.717) is 0 Å². The van der Waals surface area contributed by atoms with Gasteiger partial charge in [0.2, 0.25) is 0 Å². The van der Waals surface area contributed by atoms with E-state index in [1.54, 1.807) is 7.11 Å². The van der Waals surface area contributed by atoms with Crippen molar-refractivity contribution in [3.8, 4) is 5.75 Å². The third-order valence-corrected chi connectivity index (χ3v) is 4.30. The summed E-state index contributed by atoms with van der Waals surface area (Å²) in [5.41, 5.74) is 3.99. The van der Waals surface area contributed by atoms with Gasteiger partial charge in [-0.15, -0.1) is 0 Å². The lowest BCUT2D eigenvalue weighted by atomic mass is 10.1. The first-order valence-corrected chi connectivity index (χ1v) is 7.24. The van der Waals surface area contributed by atoms with Gasteiger partial charge in [-0.3, -0.25) is 0 Å². The normalized spacial score (nSPS) is 11.9. The first-order chi connectivity index (χ1) is 10.8. The quantitative estimate of drug-likeness (QED) is 0.458. The smallest absolute Gasteiger partial charge is 0.137 e. The van der Waals surface area contributed by atoms with Crippen molar-refractivity contribution in [3.63, 3.8) is 0 Å². The van der Waals surface area contributed by atoms with Gasteiger partial charge in [-0.1, -0.05) is 18.2 Å². The zero-order chi connectivity index (χ0) is 14.7. The van der Waals surface area contributed by atoms with Crippen molar-refractivity contribution in [1.82, 2.24) is 4.98 Å². The summed E-state index contributed by atoms with van der Waals surface area (Å²) in [6.07, 6.45) is 0. The van der Waals surface area contributed by atoms with Gasteiger partial charge in [0, 0.05) is 33.7 Å². The van der Waals surface area contributed by atoms with Crippen LogP contribution in [0.25, 0.3) is 43.7 Å². The third-order valence-electron chi connectivity index (χ3n) is 4.30. The van der Waals surface area contributed by atoms with E-state index in [9.17, 15) is 0 Å². The number of furan rings is 1. The molecule has 2 heterocycles. The molecule has 3 aromatic carbocycles. The molecule has 0 unspecified atom stereocenters. The fraction of sp³-hybridized carbons (Fsp3) is 0.0526. The summed E-state index contributed by atoms with van der Waals surface area (Å²) in [4.78, 5) is 3.45. The molecule has 5 aromatic rings. The molecule has 0 atom stereocenters. The van der Waals surface area contributed by atoms with E-state index in [1.807, 2.05) is 30.3 Å². The summed E-state index contributed by atoms with van der Waals surface area (Å²) in [7, 11) is 1.68. The van der Waals surface area contributed by atoms with E-state index in [4.69, 9.17) is 9.15 Å². The van der Waals surface area contributed by atoms with E-state index >= 15 is 0 Å². The highest BCUT2D eigenvalue weighted by Gasteiger charge is 2.11. The molecule has 0 aliphatic heterocycles. The molecule has 0 aliphatic rings. The molecule has 0 radical (unpaired) electrons. The van der Waals surface area contributed by atoms with Gasteiger partial charge in [-0.05, 0) is 24.3 Å². The molecule has 1 N–H and O–H groups in total. The number of aromatic amines is 1. The Kier molecular flexibility index (Phi) is 2.15. The first kappa shape index (κ1) is 11.7. The Morgan fingerprint density at radius 3 is 2.55 bits per heavy atom. The molecule has 106 valence electrons. The molecule has 0 aliphatic carbocycles. The number of aromatic nitrogens is 1. The molecule has 2 aromatic heterocycles. The standard InChI is InChI=1S/C19H13NO2/c1-21-11-6-7-12-14-9-15-13-4-2-3-5-18(13)22-19(15)10-17(14)20-16(12)8-11/h2-10,20H,1H3. The zero-order valence-corrected chi connectivity index (χ0v) is 12.0. The number of nitrogens with one attached hydrogen (secondary N) is 1. The first-order valence-electron chi connectivity index (χ1n) is 7.24. The van der Waals surface area contributed by atoms with Crippen LogP contribution in [0.15, 0.2) is 59.0 Å². The van der Waals surface area contributed by atoms with Crippen molar-refractivity contribution in [2.45, 2.75) is 0 Å². The maximum absolute atomic E-state index is 5.96. The van der Waals surface area contributed by atoms with E-state index < -0.39 is 0 Å². The Morgan fingerprint density at radius 1 is 0.773 bits per heavy atom. The number of fused-ring (bicyclic) bond motifs is 6. The van der Waals surface area contributed by atoms with Gasteiger partial charge in [0.15, 0.2) is 0 Å². The molecule has 22 heavy (non-hydrogen) atoms. The molecule has 0 bridgehead atoms. The number of H-pyrrole nitrogens is 1. The monoisotopic (exact) mass is 287 g/mol. The average molecular weight is 287 g/mol. The van der Waals surface area contributed by atoms with Crippen LogP contribution in [0.1, 0.15) is 0 Å². The average Bonchev–Trinajstić information content (AvgIpc) is 3.09. The van der Waals surface area contributed by atoms with E-state index in [1.165, 1.54) is 10.8 Å². The van der Waals surface area contributed by atoms with Crippen LogP contribution in [-0.2, 0) is 0 Å². The van der Waals surface area contributed by atoms with Gasteiger partial charge < -0.3 is 14.1 Å². The van der Waals surface area contributed by atoms with Crippen LogP contribution in [0.2, 0.25) is 0 Å². The maximum Gasteiger partial charge on any atom is 0.137 e. The van der Waals surface area contributed by atoms with Crippen molar-refractivity contribution in [1.29, 1.82) is 0 Å². The minimum atomic E-state index is 0.855. The molecule has 0 saturated heterocycles. The molecular formula is C19H13NO2. The van der Waals surface area contributed by atoms with Crippen LogP contribution >= 0.6 is 0 Å². The Labute approximate surface area is 126 Å². The minimum Gasteiger partial charge on any atom is -0.497 e. The van der Waals surface area contributed by atoms with E-state index in [-0.39, 0.29) is 0 Å². The maximum atomic E-state index is 5.96. The SMILES string of the molecule is COc1ccc2c(c1)[nH]c1cc3oc4ccccc4c3cc12. The Hall–Kier alpha value is -2.94. The predicted octanol–water partition coefficient (Wildman–Crippen LogP) is 5.23. The topological polar surface area (TPSA) is 38.2 Å². The van der Waals surface area contributed by atoms with Crippen molar-refractivity contribution in [3.05, 3.63) is 54.6 Å². The van der Waals surface area contributed by atoms with Crippen LogP contribution < -0.4 is 4.74 Å². The summed E-state index contributed by atoms with van der Waals surface area (Å²) >= 11 is 0. The highest BCUT2D eigenvalue weighted by molar-refractivity contribution is 6.16. The second-order valence-electron chi connectivity index (χ2n) is 5.53. The van der Waals surface area contributed by atoms with Gasteiger partial charge >= 0.3 is 0 Å². The van der Waals surface area contributed by atoms with Gasteiger partial charge in [0.1, 0.15) is 16.9 Å². The number of benzene rings is 3. The van der Waals surface area contributed by atoms with Gasteiger partial charge in [0.05, 0.1) is 18.1 Å². The molecule has 3 heteroatoms. The van der Waals surface area contributed by atoms with Crippen molar-refractivity contribution >= 4 is 43.7 Å². The van der Waals surface area contributed by atoms with Crippen LogP contribution in [0, 0.1) is 0 Å². The minimum absolute atomic E-state index is 0.855. The summed E-state index contributed by atoms with van der Waals surface area (Å²) in [6.45, 7) is 0. The molecule has 0 fully saturated rings. The zero-order valence-electron chi connectivity index (χ0n) is 12.0. The lowest BCUT2D eigenvalue weighted by Gasteiger charge is -1.98. The molecule has 3 nitrogen and oxygen atoms in total. The number of para-hydroxylation sites is 1. The number of rotatable bonds is 1. The molecule has 5 rings (SSSR count). The highest BCUT2D eigenvalue weighted by atomic mass is 16.5. The van der Waals surface area contributed by atoms with Crippen LogP contribution in [-0.4, -0.2) is 12.1 Å². The number of methoxy groups -OCH3 is 1. The Balaban J connectivity index is 1.94. The number of hydrogen-bond acceptors (Lipinski definition) is 2. The van der Waals surface area contributed by atoms with Crippen LogP contribution in [0.5, 0.6) is 5.75 Å². The van der Waals surface area contributed by atoms with Gasteiger partial charge in [0.25, 0.3) is 0 Å². The van der Waals surface area contributed by atoms with E-state index in [0.717, 1.165) is 38.7 Å². The van der Waals surface area contributed by atoms with E-state index in [2.05, 4.69) is 29.2 Å². The molecular weight excluding hydrogens is 274 g/mol. The lowest BCUT2D eigenvalue weighted by Crippen LogP contribution is -1.80. The Morgan fingerprint density at radius 2 is 1.64 bits per heavy atom. The van der Waals surface area contributed by atoms with Gasteiger partial charge in [-0.25, -0.2) is 0 Å². The Bertz CT molecular complexity index is 1160. The fourth-order valence-corrected chi connectivity index (χ4v) is 3.23. The number of ether oxygens (including phenoxy) is 1. The van der Waals surface area contributed by atoms with Gasteiger partial charge in [-0.2, -0.15) is 0 Å².